The van der Waals surface area contributed by atoms with E-state index >= 15 is 0 Å². The topological polar surface area (TPSA) is 155 Å². The highest BCUT2D eigenvalue weighted by atomic mass is 31.2. The van der Waals surface area contributed by atoms with Gasteiger partial charge in [0.15, 0.2) is 6.10 Å². The Balaban J connectivity index is 4.70. The molecule has 0 spiro atoms. The molecule has 0 rings (SSSR count). The van der Waals surface area contributed by atoms with Crippen LogP contribution in [0.3, 0.4) is 0 Å². The minimum atomic E-state index is -4.77. The van der Waals surface area contributed by atoms with Crippen LogP contribution in [0.15, 0.2) is 85.1 Å². The SMILES string of the molecule is CC/C=C\C/C=C\C/C=C\CCCCCCCC(=O)OCC(COP(=O)(O)OCC(CO)OC(=O)CCCCCCCCCCC/C=C\CCCCCCCC)OC(=O)CCCCCCCC/C=C\C/C=C\C/C=C\CCCCC. The first kappa shape index (κ1) is 76.7. The van der Waals surface area contributed by atoms with Crippen molar-refractivity contribution in [2.75, 3.05) is 26.4 Å². The van der Waals surface area contributed by atoms with Crippen LogP contribution < -0.4 is 0 Å². The molecule has 0 aliphatic carbocycles. The standard InChI is InChI=1S/C68H119O11P/c1-4-7-10-13-16-19-22-25-28-30-32-34-37-40-43-46-49-52-55-58-67(71)78-64(60-69)62-76-80(73,74)77-63-65(61-75-66(70)57-54-51-48-45-42-39-36-27-24-21-18-15-12-9-6-3)79-68(72)59-56-53-50-47-44-41-38-35-33-31-29-26-23-20-17-14-11-8-5-2/h9,12,17-18,20-21,25-29,33,35-36,64-65,69H,4-8,10-11,13-16,19,22-24,30-32,34,37-63H2,1-3H3,(H,73,74)/b12-9-,20-17-,21-18-,28-25-,29-26-,35-33-,36-27-. The van der Waals surface area contributed by atoms with E-state index in [1.54, 1.807) is 0 Å². The van der Waals surface area contributed by atoms with Crippen molar-refractivity contribution in [3.63, 3.8) is 0 Å². The number of aliphatic hydroxyl groups is 1. The number of esters is 3. The van der Waals surface area contributed by atoms with Crippen LogP contribution in [0.4, 0.5) is 0 Å². The number of phosphoric acid groups is 1. The second kappa shape index (κ2) is 61.7. The molecule has 80 heavy (non-hydrogen) atoms. The third-order valence-electron chi connectivity index (χ3n) is 13.8. The molecule has 0 radical (unpaired) electrons. The highest BCUT2D eigenvalue weighted by Gasteiger charge is 2.28. The number of carbonyl (C=O) groups excluding carboxylic acids is 3. The normalized spacial score (nSPS) is 13.8. The number of unbranched alkanes of at least 4 members (excludes halogenated alkanes) is 29. The smallest absolute Gasteiger partial charge is 0.462 e. The van der Waals surface area contributed by atoms with Crippen LogP contribution in [-0.2, 0) is 42.2 Å². The molecule has 0 bridgehead atoms. The van der Waals surface area contributed by atoms with Crippen LogP contribution in [0.2, 0.25) is 0 Å². The zero-order chi connectivity index (χ0) is 58.3. The van der Waals surface area contributed by atoms with Crippen LogP contribution in [0.5, 0.6) is 0 Å². The summed E-state index contributed by atoms with van der Waals surface area (Å²) in [5.41, 5.74) is 0. The third-order valence-corrected chi connectivity index (χ3v) is 14.7. The molecule has 0 saturated heterocycles. The van der Waals surface area contributed by atoms with E-state index in [1.165, 1.54) is 109 Å². The lowest BCUT2D eigenvalue weighted by Crippen LogP contribution is -2.30. The highest BCUT2D eigenvalue weighted by molar-refractivity contribution is 7.47. The van der Waals surface area contributed by atoms with Crippen LogP contribution in [0.1, 0.15) is 290 Å². The van der Waals surface area contributed by atoms with Crippen LogP contribution in [-0.4, -0.2) is 66.5 Å². The van der Waals surface area contributed by atoms with Gasteiger partial charge in [-0.1, -0.05) is 241 Å². The second-order valence-electron chi connectivity index (χ2n) is 21.5. The van der Waals surface area contributed by atoms with E-state index in [4.69, 9.17) is 23.3 Å². The van der Waals surface area contributed by atoms with Crippen molar-refractivity contribution in [3.8, 4) is 0 Å². The van der Waals surface area contributed by atoms with Crippen LogP contribution in [0.25, 0.3) is 0 Å². The predicted molar refractivity (Wildman–Crippen MR) is 334 cm³/mol. The first-order valence-corrected chi connectivity index (χ1v) is 34.0. The van der Waals surface area contributed by atoms with Crippen molar-refractivity contribution < 1.29 is 52.2 Å². The summed E-state index contributed by atoms with van der Waals surface area (Å²) in [5.74, 6) is -1.49. The maximum absolute atomic E-state index is 13.0. The Morgan fingerprint density at radius 2 is 0.650 bits per heavy atom. The molecule has 3 unspecified atom stereocenters. The van der Waals surface area contributed by atoms with E-state index in [0.29, 0.717) is 19.3 Å². The lowest BCUT2D eigenvalue weighted by molar-refractivity contribution is -0.161. The number of phosphoric ester groups is 1. The quantitative estimate of drug-likeness (QED) is 0.0197. The number of aliphatic hydroxyl groups excluding tert-OH is 1. The van der Waals surface area contributed by atoms with E-state index in [9.17, 15) is 28.9 Å². The number of carbonyl (C=O) groups is 3. The Morgan fingerprint density at radius 1 is 0.362 bits per heavy atom. The van der Waals surface area contributed by atoms with Crippen molar-refractivity contribution in [1.29, 1.82) is 0 Å². The van der Waals surface area contributed by atoms with Gasteiger partial charge in [-0.15, -0.1) is 0 Å². The average Bonchev–Trinajstić information content (AvgIpc) is 3.45. The molecular weight excluding hydrogens is 1020 g/mol. The number of hydrogen-bond acceptors (Lipinski definition) is 10. The van der Waals surface area contributed by atoms with Crippen molar-refractivity contribution in [2.45, 2.75) is 303 Å². The molecule has 0 aromatic carbocycles. The van der Waals surface area contributed by atoms with Gasteiger partial charge < -0.3 is 24.2 Å². The first-order valence-electron chi connectivity index (χ1n) is 32.5. The number of ether oxygens (including phenoxy) is 3. The second-order valence-corrected chi connectivity index (χ2v) is 23.0. The zero-order valence-electron chi connectivity index (χ0n) is 51.3. The van der Waals surface area contributed by atoms with Crippen molar-refractivity contribution in [2.24, 2.45) is 0 Å². The molecule has 462 valence electrons. The lowest BCUT2D eigenvalue weighted by Gasteiger charge is -2.21. The monoisotopic (exact) mass is 1140 g/mol. The molecule has 12 heteroatoms. The van der Waals surface area contributed by atoms with Crippen LogP contribution in [0, 0.1) is 0 Å². The van der Waals surface area contributed by atoms with Gasteiger partial charge in [0, 0.05) is 19.3 Å². The molecule has 0 aromatic heterocycles. The molecule has 2 N–H and O–H groups in total. The number of allylic oxidation sites excluding steroid dienone is 14. The molecule has 0 aromatic rings. The van der Waals surface area contributed by atoms with E-state index in [2.05, 4.69) is 106 Å². The van der Waals surface area contributed by atoms with Crippen molar-refractivity contribution in [3.05, 3.63) is 85.1 Å². The largest absolute Gasteiger partial charge is 0.472 e. The van der Waals surface area contributed by atoms with Gasteiger partial charge in [-0.25, -0.2) is 4.57 Å². The molecule has 0 aliphatic heterocycles. The summed E-state index contributed by atoms with van der Waals surface area (Å²) in [7, 11) is -4.77. The molecular formula is C68H119O11P. The van der Waals surface area contributed by atoms with Gasteiger partial charge in [-0.3, -0.25) is 23.4 Å². The van der Waals surface area contributed by atoms with Gasteiger partial charge in [-0.2, -0.15) is 0 Å². The third kappa shape index (κ3) is 59.3. The van der Waals surface area contributed by atoms with Gasteiger partial charge in [0.1, 0.15) is 12.7 Å². The molecule has 3 atom stereocenters. The Bertz CT molecular complexity index is 1670. The molecule has 0 heterocycles. The van der Waals surface area contributed by atoms with E-state index in [1.807, 2.05) is 0 Å². The molecule has 0 aliphatic rings. The summed E-state index contributed by atoms with van der Waals surface area (Å²) in [6.07, 6.45) is 72.4. The maximum atomic E-state index is 13.0. The summed E-state index contributed by atoms with van der Waals surface area (Å²) in [4.78, 5) is 48.8. The van der Waals surface area contributed by atoms with Gasteiger partial charge in [0.25, 0.3) is 0 Å². The van der Waals surface area contributed by atoms with E-state index in [-0.39, 0.29) is 25.9 Å². The molecule has 0 fully saturated rings. The van der Waals surface area contributed by atoms with Crippen molar-refractivity contribution >= 4 is 25.7 Å². The summed E-state index contributed by atoms with van der Waals surface area (Å²) < 4.78 is 39.7. The van der Waals surface area contributed by atoms with Crippen LogP contribution >= 0.6 is 7.82 Å². The van der Waals surface area contributed by atoms with E-state index in [0.717, 1.165) is 122 Å². The molecule has 0 amide bonds. The minimum absolute atomic E-state index is 0.147. The predicted octanol–water partition coefficient (Wildman–Crippen LogP) is 19.8. The fourth-order valence-corrected chi connectivity index (χ4v) is 9.63. The van der Waals surface area contributed by atoms with Gasteiger partial charge in [0.2, 0.25) is 0 Å². The lowest BCUT2D eigenvalue weighted by atomic mass is 10.1. The minimum Gasteiger partial charge on any atom is -0.462 e. The summed E-state index contributed by atoms with van der Waals surface area (Å²) in [5, 5.41) is 9.86. The number of rotatable bonds is 60. The maximum Gasteiger partial charge on any atom is 0.472 e. The van der Waals surface area contributed by atoms with Gasteiger partial charge >= 0.3 is 25.7 Å². The summed E-state index contributed by atoms with van der Waals surface area (Å²) in [6, 6.07) is 0. The van der Waals surface area contributed by atoms with E-state index < -0.39 is 57.8 Å². The Labute approximate surface area is 490 Å². The summed E-state index contributed by atoms with van der Waals surface area (Å²) in [6.45, 7) is 4.50. The number of hydrogen-bond donors (Lipinski definition) is 2. The zero-order valence-corrected chi connectivity index (χ0v) is 52.2. The van der Waals surface area contributed by atoms with Gasteiger partial charge in [-0.05, 0) is 116 Å². The van der Waals surface area contributed by atoms with Crippen molar-refractivity contribution in [1.82, 2.24) is 0 Å². The molecule has 11 nitrogen and oxygen atoms in total. The molecule has 0 saturated carbocycles. The highest BCUT2D eigenvalue weighted by Crippen LogP contribution is 2.43. The average molecular weight is 1140 g/mol. The Morgan fingerprint density at radius 3 is 1.04 bits per heavy atom. The summed E-state index contributed by atoms with van der Waals surface area (Å²) >= 11 is 0. The fraction of sp³-hybridized carbons (Fsp3) is 0.750. The Kier molecular flexibility index (Phi) is 59.1. The first-order chi connectivity index (χ1) is 39.2. The fourth-order valence-electron chi connectivity index (χ4n) is 8.84. The Hall–Kier alpha value is -3.34. The van der Waals surface area contributed by atoms with Gasteiger partial charge in [0.05, 0.1) is 19.8 Å².